The molecule has 144 valence electrons. The van der Waals surface area contributed by atoms with Gasteiger partial charge in [-0.3, -0.25) is 4.90 Å². The molecule has 25 heavy (non-hydrogen) atoms. The van der Waals surface area contributed by atoms with Crippen molar-refractivity contribution in [1.29, 1.82) is 0 Å². The molecule has 1 saturated heterocycles. The molecule has 11 heteroatoms. The SMILES string of the molecule is CNCCOCCOCCn1nnc(CN2CCS(=O)(=O)CC2)c1Cl. The predicted molar refractivity (Wildman–Crippen MR) is 94.5 cm³/mol. The second kappa shape index (κ2) is 10.4. The maximum absolute atomic E-state index is 11.5. The predicted octanol–water partition coefficient (Wildman–Crippen LogP) is -0.585. The maximum Gasteiger partial charge on any atom is 0.152 e. The molecule has 0 aliphatic carbocycles. The van der Waals surface area contributed by atoms with Gasteiger partial charge in [-0.15, -0.1) is 5.10 Å². The van der Waals surface area contributed by atoms with Crippen molar-refractivity contribution < 1.29 is 17.9 Å². The van der Waals surface area contributed by atoms with Gasteiger partial charge in [0.05, 0.1) is 44.5 Å². The topological polar surface area (TPSA) is 98.6 Å². The minimum atomic E-state index is -2.88. The maximum atomic E-state index is 11.5. The second-order valence-electron chi connectivity index (χ2n) is 5.81. The van der Waals surface area contributed by atoms with E-state index in [2.05, 4.69) is 15.6 Å². The van der Waals surface area contributed by atoms with Gasteiger partial charge in [-0.1, -0.05) is 16.8 Å². The lowest BCUT2D eigenvalue weighted by Crippen LogP contribution is -2.39. The molecule has 2 rings (SSSR count). The van der Waals surface area contributed by atoms with E-state index in [1.165, 1.54) is 0 Å². The van der Waals surface area contributed by atoms with Crippen LogP contribution in [0.5, 0.6) is 0 Å². The molecule has 0 saturated carbocycles. The van der Waals surface area contributed by atoms with Gasteiger partial charge in [0.1, 0.15) is 5.69 Å². The second-order valence-corrected chi connectivity index (χ2v) is 8.47. The molecule has 0 aromatic carbocycles. The van der Waals surface area contributed by atoms with Crippen molar-refractivity contribution in [2.75, 3.05) is 64.6 Å². The Hall–Kier alpha value is -0.780. The molecule has 1 aromatic rings. The lowest BCUT2D eigenvalue weighted by molar-refractivity contribution is 0.0453. The number of nitrogens with one attached hydrogen (secondary N) is 1. The summed E-state index contributed by atoms with van der Waals surface area (Å²) in [6, 6.07) is 0. The largest absolute Gasteiger partial charge is 0.378 e. The fourth-order valence-electron chi connectivity index (χ4n) is 2.34. The smallest absolute Gasteiger partial charge is 0.152 e. The molecule has 0 amide bonds. The fraction of sp³-hybridized carbons (Fsp3) is 0.857. The molecule has 0 unspecified atom stereocenters. The van der Waals surface area contributed by atoms with Gasteiger partial charge in [0, 0.05) is 26.2 Å². The van der Waals surface area contributed by atoms with Gasteiger partial charge in [-0.2, -0.15) is 0 Å². The van der Waals surface area contributed by atoms with Gasteiger partial charge in [-0.05, 0) is 7.05 Å². The molecule has 2 heterocycles. The number of rotatable bonds is 11. The molecule has 0 spiro atoms. The minimum absolute atomic E-state index is 0.184. The summed E-state index contributed by atoms with van der Waals surface area (Å²) in [4.78, 5) is 2.03. The first kappa shape index (κ1) is 20.5. The Labute approximate surface area is 153 Å². The Bertz CT molecular complexity index is 611. The number of hydrogen-bond acceptors (Lipinski definition) is 8. The van der Waals surface area contributed by atoms with Gasteiger partial charge in [0.2, 0.25) is 0 Å². The van der Waals surface area contributed by atoms with Gasteiger partial charge in [-0.25, -0.2) is 13.1 Å². The van der Waals surface area contributed by atoms with E-state index in [-0.39, 0.29) is 11.5 Å². The Balaban J connectivity index is 1.66. The number of hydrogen-bond donors (Lipinski definition) is 1. The monoisotopic (exact) mass is 395 g/mol. The van der Waals surface area contributed by atoms with Gasteiger partial charge in [0.25, 0.3) is 0 Å². The highest BCUT2D eigenvalue weighted by molar-refractivity contribution is 7.91. The number of aromatic nitrogens is 3. The van der Waals surface area contributed by atoms with Crippen LogP contribution in [0, 0.1) is 0 Å². The van der Waals surface area contributed by atoms with Crippen LogP contribution in [-0.2, 0) is 32.4 Å². The van der Waals surface area contributed by atoms with Crippen LogP contribution in [0.25, 0.3) is 0 Å². The number of likely N-dealkylation sites (N-methyl/N-ethyl adjacent to an activating group) is 1. The molecule has 0 atom stereocenters. The molecule has 1 aromatic heterocycles. The van der Waals surface area contributed by atoms with Gasteiger partial charge < -0.3 is 14.8 Å². The fourth-order valence-corrected chi connectivity index (χ4v) is 3.84. The minimum Gasteiger partial charge on any atom is -0.378 e. The van der Waals surface area contributed by atoms with Crippen molar-refractivity contribution >= 4 is 21.4 Å². The molecular formula is C14H26ClN5O4S. The first-order valence-electron chi connectivity index (χ1n) is 8.32. The van der Waals surface area contributed by atoms with E-state index in [1.807, 2.05) is 11.9 Å². The van der Waals surface area contributed by atoms with E-state index < -0.39 is 9.84 Å². The highest BCUT2D eigenvalue weighted by Gasteiger charge is 2.23. The Morgan fingerprint density at radius 3 is 2.52 bits per heavy atom. The van der Waals surface area contributed by atoms with Crippen LogP contribution in [0.15, 0.2) is 0 Å². The highest BCUT2D eigenvalue weighted by Crippen LogP contribution is 2.16. The lowest BCUT2D eigenvalue weighted by Gasteiger charge is -2.25. The van der Waals surface area contributed by atoms with E-state index in [1.54, 1.807) is 4.68 Å². The first-order valence-corrected chi connectivity index (χ1v) is 10.5. The molecule has 1 aliphatic rings. The summed E-state index contributed by atoms with van der Waals surface area (Å²) < 4.78 is 35.3. The van der Waals surface area contributed by atoms with Crippen LogP contribution in [0.3, 0.4) is 0 Å². The van der Waals surface area contributed by atoms with Crippen LogP contribution in [0.1, 0.15) is 5.69 Å². The van der Waals surface area contributed by atoms with Crippen LogP contribution >= 0.6 is 11.6 Å². The number of halogens is 1. The van der Waals surface area contributed by atoms with Crippen molar-refractivity contribution in [1.82, 2.24) is 25.2 Å². The van der Waals surface area contributed by atoms with Crippen molar-refractivity contribution in [2.24, 2.45) is 0 Å². The summed E-state index contributed by atoms with van der Waals surface area (Å²) in [6.07, 6.45) is 0. The number of nitrogens with zero attached hydrogens (tertiary/aromatic N) is 4. The highest BCUT2D eigenvalue weighted by atomic mass is 35.5. The quantitative estimate of drug-likeness (QED) is 0.497. The third-order valence-corrected chi connectivity index (χ3v) is 5.89. The van der Waals surface area contributed by atoms with Crippen LogP contribution in [-0.4, -0.2) is 92.9 Å². The zero-order valence-electron chi connectivity index (χ0n) is 14.5. The van der Waals surface area contributed by atoms with Crippen molar-refractivity contribution in [2.45, 2.75) is 13.1 Å². The Morgan fingerprint density at radius 2 is 1.84 bits per heavy atom. The summed E-state index contributed by atoms with van der Waals surface area (Å²) in [5.41, 5.74) is 0.663. The van der Waals surface area contributed by atoms with Gasteiger partial charge >= 0.3 is 0 Å². The van der Waals surface area contributed by atoms with Crippen molar-refractivity contribution in [3.05, 3.63) is 10.8 Å². The first-order chi connectivity index (χ1) is 12.0. The molecule has 1 N–H and O–H groups in total. The summed E-state index contributed by atoms with van der Waals surface area (Å²) >= 11 is 6.30. The van der Waals surface area contributed by atoms with E-state index in [4.69, 9.17) is 21.1 Å². The lowest BCUT2D eigenvalue weighted by atomic mass is 10.4. The molecule has 0 bridgehead atoms. The summed E-state index contributed by atoms with van der Waals surface area (Å²) in [5, 5.41) is 11.6. The van der Waals surface area contributed by atoms with E-state index in [0.29, 0.717) is 63.5 Å². The summed E-state index contributed by atoms with van der Waals surface area (Å²) in [6.45, 7) is 5.05. The third kappa shape index (κ3) is 7.16. The molecule has 1 fully saturated rings. The van der Waals surface area contributed by atoms with E-state index in [9.17, 15) is 8.42 Å². The van der Waals surface area contributed by atoms with E-state index >= 15 is 0 Å². The van der Waals surface area contributed by atoms with Crippen molar-refractivity contribution in [3.8, 4) is 0 Å². The Morgan fingerprint density at radius 1 is 1.16 bits per heavy atom. The van der Waals surface area contributed by atoms with Crippen LogP contribution < -0.4 is 5.32 Å². The molecule has 0 radical (unpaired) electrons. The standard InChI is InChI=1S/C14H26ClN5O4S/c1-16-2-6-23-8-9-24-7-3-20-14(15)13(17-18-20)12-19-4-10-25(21,22)11-5-19/h16H,2-12H2,1H3. The summed E-state index contributed by atoms with van der Waals surface area (Å²) in [7, 11) is -1.01. The molecule has 1 aliphatic heterocycles. The number of ether oxygens (including phenoxy) is 2. The average Bonchev–Trinajstić information content (AvgIpc) is 2.92. The normalized spacial score (nSPS) is 17.8. The Kier molecular flexibility index (Phi) is 8.53. The average molecular weight is 396 g/mol. The van der Waals surface area contributed by atoms with Crippen LogP contribution in [0.4, 0.5) is 0 Å². The zero-order valence-corrected chi connectivity index (χ0v) is 16.1. The van der Waals surface area contributed by atoms with E-state index in [0.717, 1.165) is 6.54 Å². The summed E-state index contributed by atoms with van der Waals surface area (Å²) in [5.74, 6) is 0.367. The third-order valence-electron chi connectivity index (χ3n) is 3.86. The molecular weight excluding hydrogens is 370 g/mol. The number of sulfone groups is 1. The van der Waals surface area contributed by atoms with Gasteiger partial charge in [0.15, 0.2) is 15.0 Å². The molecule has 9 nitrogen and oxygen atoms in total. The van der Waals surface area contributed by atoms with Crippen molar-refractivity contribution in [3.63, 3.8) is 0 Å². The van der Waals surface area contributed by atoms with Crippen LogP contribution in [0.2, 0.25) is 5.15 Å². The zero-order chi connectivity index (χ0) is 18.1.